The second-order valence-electron chi connectivity index (χ2n) is 6.75. The van der Waals surface area contributed by atoms with Crippen molar-refractivity contribution in [2.75, 3.05) is 13.1 Å². The maximum atomic E-state index is 6.26. The molecule has 1 aromatic carbocycles. The van der Waals surface area contributed by atoms with E-state index < -0.39 is 0 Å². The zero-order chi connectivity index (χ0) is 15.2. The Morgan fingerprint density at radius 3 is 2.50 bits per heavy atom. The fourth-order valence-electron chi connectivity index (χ4n) is 3.58. The summed E-state index contributed by atoms with van der Waals surface area (Å²) < 4.78 is 12.5. The van der Waals surface area contributed by atoms with Crippen molar-refractivity contribution < 1.29 is 9.47 Å². The van der Waals surface area contributed by atoms with Gasteiger partial charge in [-0.15, -0.1) is 0 Å². The summed E-state index contributed by atoms with van der Waals surface area (Å²) in [7, 11) is 0. The third kappa shape index (κ3) is 4.16. The highest BCUT2D eigenvalue weighted by molar-refractivity contribution is 5.39. The lowest BCUT2D eigenvalue weighted by Crippen LogP contribution is -2.38. The average molecular weight is 303 g/mol. The van der Waals surface area contributed by atoms with E-state index in [1.807, 2.05) is 18.2 Å². The predicted octanol–water partition coefficient (Wildman–Crippen LogP) is 4.17. The van der Waals surface area contributed by atoms with Crippen molar-refractivity contribution in [2.24, 2.45) is 5.92 Å². The van der Waals surface area contributed by atoms with Gasteiger partial charge in [0.05, 0.1) is 6.10 Å². The van der Waals surface area contributed by atoms with E-state index in [2.05, 4.69) is 18.3 Å². The van der Waals surface area contributed by atoms with Crippen LogP contribution in [0.2, 0.25) is 0 Å². The van der Waals surface area contributed by atoms with Gasteiger partial charge in [0.2, 0.25) is 0 Å². The van der Waals surface area contributed by atoms with E-state index in [9.17, 15) is 0 Å². The summed E-state index contributed by atoms with van der Waals surface area (Å²) in [4.78, 5) is 0. The Balaban J connectivity index is 1.62. The highest BCUT2D eigenvalue weighted by Gasteiger charge is 2.23. The summed E-state index contributed by atoms with van der Waals surface area (Å²) in [5.74, 6) is 2.42. The van der Waals surface area contributed by atoms with Gasteiger partial charge in [0.1, 0.15) is 6.10 Å². The van der Waals surface area contributed by atoms with Gasteiger partial charge in [-0.25, -0.2) is 0 Å². The Hall–Kier alpha value is -1.22. The van der Waals surface area contributed by atoms with Gasteiger partial charge in [-0.3, -0.25) is 0 Å². The molecule has 0 bridgehead atoms. The van der Waals surface area contributed by atoms with E-state index in [1.54, 1.807) is 0 Å². The lowest BCUT2D eigenvalue weighted by Gasteiger charge is -2.30. The highest BCUT2D eigenvalue weighted by atomic mass is 16.5. The summed E-state index contributed by atoms with van der Waals surface area (Å²) in [6.07, 6.45) is 9.37. The van der Waals surface area contributed by atoms with Crippen LogP contribution in [0.5, 0.6) is 11.5 Å². The van der Waals surface area contributed by atoms with Gasteiger partial charge in [0.15, 0.2) is 11.5 Å². The third-order valence-corrected chi connectivity index (χ3v) is 5.01. The minimum Gasteiger partial charge on any atom is -0.487 e. The van der Waals surface area contributed by atoms with Crippen molar-refractivity contribution in [3.63, 3.8) is 0 Å². The van der Waals surface area contributed by atoms with Crippen LogP contribution in [-0.2, 0) is 0 Å². The summed E-state index contributed by atoms with van der Waals surface area (Å²) in [6, 6.07) is 8.17. The first kappa shape index (κ1) is 15.7. The number of nitrogens with one attached hydrogen (secondary N) is 1. The van der Waals surface area contributed by atoms with Crippen molar-refractivity contribution in [1.29, 1.82) is 0 Å². The predicted molar refractivity (Wildman–Crippen MR) is 89.6 cm³/mol. The van der Waals surface area contributed by atoms with E-state index in [0.717, 1.165) is 24.6 Å². The van der Waals surface area contributed by atoms with Crippen molar-refractivity contribution in [1.82, 2.24) is 5.32 Å². The van der Waals surface area contributed by atoms with E-state index >= 15 is 0 Å². The standard InChI is InChI=1S/C19H29NO2/c1-15(16-8-7-13-20-14-16)21-18-11-5-6-12-19(18)22-17-9-3-2-4-10-17/h5-6,11-12,15-17,20H,2-4,7-10,13-14H2,1H3/t15-,16-/m0/s1. The monoisotopic (exact) mass is 303 g/mol. The number of ether oxygens (including phenoxy) is 2. The topological polar surface area (TPSA) is 30.5 Å². The lowest BCUT2D eigenvalue weighted by molar-refractivity contribution is 0.111. The molecule has 0 unspecified atom stereocenters. The maximum absolute atomic E-state index is 6.26. The first-order valence-electron chi connectivity index (χ1n) is 8.96. The molecule has 1 N–H and O–H groups in total. The van der Waals surface area contributed by atoms with Gasteiger partial charge >= 0.3 is 0 Å². The van der Waals surface area contributed by atoms with Crippen LogP contribution < -0.4 is 14.8 Å². The molecule has 3 rings (SSSR count). The molecule has 1 saturated carbocycles. The Morgan fingerprint density at radius 2 is 1.77 bits per heavy atom. The quantitative estimate of drug-likeness (QED) is 0.886. The van der Waals surface area contributed by atoms with Gasteiger partial charge < -0.3 is 14.8 Å². The molecule has 1 aliphatic carbocycles. The Morgan fingerprint density at radius 1 is 1.00 bits per heavy atom. The van der Waals surface area contributed by atoms with Crippen molar-refractivity contribution >= 4 is 0 Å². The van der Waals surface area contributed by atoms with Crippen molar-refractivity contribution in [3.05, 3.63) is 24.3 Å². The maximum Gasteiger partial charge on any atom is 0.161 e. The van der Waals surface area contributed by atoms with Gasteiger partial charge in [-0.1, -0.05) is 18.6 Å². The molecule has 0 amide bonds. The number of piperidine rings is 1. The molecule has 2 fully saturated rings. The van der Waals surface area contributed by atoms with Crippen LogP contribution in [0.4, 0.5) is 0 Å². The van der Waals surface area contributed by atoms with Crippen LogP contribution in [0.1, 0.15) is 51.9 Å². The Labute approximate surface area is 134 Å². The van der Waals surface area contributed by atoms with Gasteiger partial charge in [-0.2, -0.15) is 0 Å². The number of para-hydroxylation sites is 2. The first-order valence-corrected chi connectivity index (χ1v) is 8.96. The molecule has 0 spiro atoms. The minimum absolute atomic E-state index is 0.226. The molecule has 3 heteroatoms. The van der Waals surface area contributed by atoms with Crippen LogP contribution in [0.3, 0.4) is 0 Å². The van der Waals surface area contributed by atoms with E-state index in [1.165, 1.54) is 44.9 Å². The van der Waals surface area contributed by atoms with E-state index in [-0.39, 0.29) is 6.10 Å². The number of hydrogen-bond donors (Lipinski definition) is 1. The normalized spacial score (nSPS) is 24.7. The molecule has 3 nitrogen and oxygen atoms in total. The van der Waals surface area contributed by atoms with Gasteiger partial charge in [-0.05, 0) is 64.1 Å². The molecule has 1 saturated heterocycles. The molecular formula is C19H29NO2. The number of rotatable bonds is 5. The molecule has 0 aromatic heterocycles. The van der Waals surface area contributed by atoms with Gasteiger partial charge in [0, 0.05) is 12.5 Å². The zero-order valence-corrected chi connectivity index (χ0v) is 13.7. The summed E-state index contributed by atoms with van der Waals surface area (Å²) in [6.45, 7) is 4.40. The largest absolute Gasteiger partial charge is 0.487 e. The van der Waals surface area contributed by atoms with Crippen LogP contribution >= 0.6 is 0 Å². The molecule has 1 heterocycles. The van der Waals surface area contributed by atoms with Crippen molar-refractivity contribution in [3.8, 4) is 11.5 Å². The fourth-order valence-corrected chi connectivity index (χ4v) is 3.58. The molecule has 2 atom stereocenters. The first-order chi connectivity index (χ1) is 10.8. The van der Waals surface area contributed by atoms with Crippen LogP contribution in [0.15, 0.2) is 24.3 Å². The molecule has 1 aliphatic heterocycles. The Kier molecular flexibility index (Phi) is 5.60. The minimum atomic E-state index is 0.226. The van der Waals surface area contributed by atoms with E-state index in [0.29, 0.717) is 12.0 Å². The van der Waals surface area contributed by atoms with Crippen LogP contribution in [0, 0.1) is 5.92 Å². The summed E-state index contributed by atoms with van der Waals surface area (Å²) in [5.41, 5.74) is 0. The second kappa shape index (κ2) is 7.87. The molecule has 122 valence electrons. The van der Waals surface area contributed by atoms with Gasteiger partial charge in [0.25, 0.3) is 0 Å². The highest BCUT2D eigenvalue weighted by Crippen LogP contribution is 2.32. The molecule has 2 aliphatic rings. The smallest absolute Gasteiger partial charge is 0.161 e. The zero-order valence-electron chi connectivity index (χ0n) is 13.7. The SMILES string of the molecule is C[C@H](Oc1ccccc1OC1CCCCC1)[C@H]1CCCNC1. The molecular weight excluding hydrogens is 274 g/mol. The van der Waals surface area contributed by atoms with Crippen LogP contribution in [0.25, 0.3) is 0 Å². The number of benzene rings is 1. The van der Waals surface area contributed by atoms with Crippen molar-refractivity contribution in [2.45, 2.75) is 64.1 Å². The van der Waals surface area contributed by atoms with E-state index in [4.69, 9.17) is 9.47 Å². The van der Waals surface area contributed by atoms with Crippen LogP contribution in [-0.4, -0.2) is 25.3 Å². The number of hydrogen-bond acceptors (Lipinski definition) is 3. The summed E-state index contributed by atoms with van der Waals surface area (Å²) >= 11 is 0. The second-order valence-corrected chi connectivity index (χ2v) is 6.75. The lowest BCUT2D eigenvalue weighted by atomic mass is 9.94. The third-order valence-electron chi connectivity index (χ3n) is 5.01. The molecule has 22 heavy (non-hydrogen) atoms. The average Bonchev–Trinajstić information content (AvgIpc) is 2.58. The molecule has 0 radical (unpaired) electrons. The molecule has 1 aromatic rings. The fraction of sp³-hybridized carbons (Fsp3) is 0.684. The Bertz CT molecular complexity index is 451. The summed E-state index contributed by atoms with van der Waals surface area (Å²) in [5, 5.41) is 3.47.